The monoisotopic (exact) mass is 377 g/mol. The summed E-state index contributed by atoms with van der Waals surface area (Å²) in [6.45, 7) is 2.37. The summed E-state index contributed by atoms with van der Waals surface area (Å²) in [6, 6.07) is 10.9. The van der Waals surface area contributed by atoms with Crippen LogP contribution in [0.4, 0.5) is 5.69 Å². The minimum absolute atomic E-state index is 0.0703. The largest absolute Gasteiger partial charge is 0.502 e. The lowest BCUT2D eigenvalue weighted by Crippen LogP contribution is -2.31. The van der Waals surface area contributed by atoms with Crippen LogP contribution in [-0.2, 0) is 9.59 Å². The summed E-state index contributed by atoms with van der Waals surface area (Å²) >= 11 is 11.8. The van der Waals surface area contributed by atoms with Gasteiger partial charge in [-0.05, 0) is 42.8 Å². The molecule has 1 aliphatic rings. The molecule has 5 nitrogen and oxygen atoms in total. The highest BCUT2D eigenvalue weighted by Crippen LogP contribution is 2.35. The van der Waals surface area contributed by atoms with Crippen LogP contribution in [0.3, 0.4) is 0 Å². The van der Waals surface area contributed by atoms with E-state index in [1.54, 1.807) is 24.3 Å². The van der Waals surface area contributed by atoms with Gasteiger partial charge in [0.2, 0.25) is 0 Å². The van der Waals surface area contributed by atoms with Crippen molar-refractivity contribution in [2.24, 2.45) is 0 Å². The number of aliphatic hydroxyl groups excluding tert-OH is 1. The van der Waals surface area contributed by atoms with Crippen molar-refractivity contribution in [1.82, 2.24) is 0 Å². The Hall–Kier alpha value is -2.50. The van der Waals surface area contributed by atoms with Gasteiger partial charge in [0.25, 0.3) is 5.91 Å². The van der Waals surface area contributed by atoms with Gasteiger partial charge in [0, 0.05) is 0 Å². The fourth-order valence-electron chi connectivity index (χ4n) is 2.52. The van der Waals surface area contributed by atoms with Crippen molar-refractivity contribution in [2.75, 3.05) is 11.5 Å². The number of aliphatic hydroxyl groups is 1. The highest BCUT2D eigenvalue weighted by atomic mass is 35.5. The number of hydrogen-bond donors (Lipinski definition) is 1. The lowest BCUT2D eigenvalue weighted by atomic mass is 10.1. The molecule has 0 radical (unpaired) electrons. The zero-order valence-electron chi connectivity index (χ0n) is 13.1. The minimum Gasteiger partial charge on any atom is -0.502 e. The molecule has 3 rings (SSSR count). The number of rotatable bonds is 4. The van der Waals surface area contributed by atoms with Gasteiger partial charge >= 0.3 is 5.91 Å². The molecule has 0 spiro atoms. The molecule has 1 heterocycles. The van der Waals surface area contributed by atoms with Crippen LogP contribution < -0.4 is 9.64 Å². The first-order valence-electron chi connectivity index (χ1n) is 7.44. The number of benzene rings is 2. The summed E-state index contributed by atoms with van der Waals surface area (Å²) in [5, 5.41) is 10.7. The zero-order chi connectivity index (χ0) is 18.1. The summed E-state index contributed by atoms with van der Waals surface area (Å²) in [6.07, 6.45) is 0. The number of hydrogen-bond acceptors (Lipinski definition) is 4. The number of imide groups is 1. The second-order valence-corrected chi connectivity index (χ2v) is 6.04. The Morgan fingerprint density at radius 3 is 2.28 bits per heavy atom. The molecular weight excluding hydrogens is 365 g/mol. The summed E-state index contributed by atoms with van der Waals surface area (Å²) in [7, 11) is 0. The molecule has 0 saturated heterocycles. The fourth-order valence-corrected chi connectivity index (χ4v) is 2.81. The Morgan fingerprint density at radius 2 is 1.68 bits per heavy atom. The van der Waals surface area contributed by atoms with Crippen molar-refractivity contribution >= 4 is 46.3 Å². The van der Waals surface area contributed by atoms with Gasteiger partial charge in [0.15, 0.2) is 5.76 Å². The molecule has 2 amide bonds. The van der Waals surface area contributed by atoms with Crippen LogP contribution in [0.1, 0.15) is 12.5 Å². The van der Waals surface area contributed by atoms with E-state index in [1.165, 1.54) is 18.2 Å². The van der Waals surface area contributed by atoms with E-state index in [4.69, 9.17) is 27.9 Å². The highest BCUT2D eigenvalue weighted by Gasteiger charge is 2.40. The van der Waals surface area contributed by atoms with Gasteiger partial charge in [-0.25, -0.2) is 4.90 Å². The van der Waals surface area contributed by atoms with Gasteiger partial charge in [-0.3, -0.25) is 9.59 Å². The van der Waals surface area contributed by atoms with E-state index in [1.807, 2.05) is 6.92 Å². The minimum atomic E-state index is -0.813. The second-order valence-electron chi connectivity index (χ2n) is 5.23. The predicted molar refractivity (Wildman–Crippen MR) is 96.1 cm³/mol. The average Bonchev–Trinajstić information content (AvgIpc) is 2.81. The Bertz CT molecular complexity index is 890. The van der Waals surface area contributed by atoms with Crippen molar-refractivity contribution in [3.8, 4) is 5.75 Å². The number of carbonyl (C=O) groups is 2. The van der Waals surface area contributed by atoms with Crippen molar-refractivity contribution in [2.45, 2.75) is 6.92 Å². The number of amides is 2. The van der Waals surface area contributed by atoms with Gasteiger partial charge < -0.3 is 9.84 Å². The molecule has 2 aromatic rings. The van der Waals surface area contributed by atoms with Crippen molar-refractivity contribution in [3.05, 3.63) is 63.8 Å². The SMILES string of the molecule is CCOc1ccc(C2=C(O)C(=O)N(c3ccc(Cl)c(Cl)c3)C2=O)cc1. The smallest absolute Gasteiger partial charge is 0.301 e. The molecule has 2 aromatic carbocycles. The van der Waals surface area contributed by atoms with E-state index in [-0.39, 0.29) is 16.3 Å². The van der Waals surface area contributed by atoms with E-state index >= 15 is 0 Å². The normalized spacial score (nSPS) is 14.4. The Labute approximate surface area is 154 Å². The maximum Gasteiger partial charge on any atom is 0.301 e. The Balaban J connectivity index is 1.97. The molecule has 0 fully saturated rings. The van der Waals surface area contributed by atoms with E-state index in [0.29, 0.717) is 22.9 Å². The van der Waals surface area contributed by atoms with Crippen LogP contribution in [0.25, 0.3) is 5.57 Å². The van der Waals surface area contributed by atoms with Gasteiger partial charge in [-0.1, -0.05) is 35.3 Å². The average molecular weight is 378 g/mol. The molecule has 0 aliphatic carbocycles. The van der Waals surface area contributed by atoms with Gasteiger partial charge in [-0.15, -0.1) is 0 Å². The predicted octanol–water partition coefficient (Wildman–Crippen LogP) is 4.23. The molecule has 1 aliphatic heterocycles. The molecule has 7 heteroatoms. The van der Waals surface area contributed by atoms with Crippen LogP contribution >= 0.6 is 23.2 Å². The fraction of sp³-hybridized carbons (Fsp3) is 0.111. The summed E-state index contributed by atoms with van der Waals surface area (Å²) < 4.78 is 5.35. The van der Waals surface area contributed by atoms with Crippen LogP contribution in [0.5, 0.6) is 5.75 Å². The lowest BCUT2D eigenvalue weighted by Gasteiger charge is -2.15. The van der Waals surface area contributed by atoms with Crippen LogP contribution in [0.2, 0.25) is 10.0 Å². The van der Waals surface area contributed by atoms with Crippen LogP contribution in [0.15, 0.2) is 48.2 Å². The number of nitrogens with zero attached hydrogens (tertiary/aromatic N) is 1. The topological polar surface area (TPSA) is 66.8 Å². The summed E-state index contributed by atoms with van der Waals surface area (Å²) in [5.74, 6) is -1.43. The first-order chi connectivity index (χ1) is 11.9. The van der Waals surface area contributed by atoms with Crippen LogP contribution in [0, 0.1) is 0 Å². The molecule has 0 unspecified atom stereocenters. The van der Waals surface area contributed by atoms with Crippen molar-refractivity contribution in [3.63, 3.8) is 0 Å². The molecule has 0 atom stereocenters. The van der Waals surface area contributed by atoms with Crippen LogP contribution in [-0.4, -0.2) is 23.5 Å². The standard InChI is InChI=1S/C18H13Cl2NO4/c1-2-25-12-6-3-10(4-7-12)15-16(22)18(24)21(17(15)23)11-5-8-13(19)14(20)9-11/h3-9,22H,2H2,1H3. The van der Waals surface area contributed by atoms with Crippen molar-refractivity contribution in [1.29, 1.82) is 0 Å². The second kappa shape index (κ2) is 6.78. The number of carbonyl (C=O) groups excluding carboxylic acids is 2. The quantitative estimate of drug-likeness (QED) is 0.809. The van der Waals surface area contributed by atoms with Gasteiger partial charge in [0.05, 0.1) is 27.9 Å². The molecule has 0 bridgehead atoms. The van der Waals surface area contributed by atoms with E-state index in [2.05, 4.69) is 0 Å². The number of halogens is 2. The van der Waals surface area contributed by atoms with Gasteiger partial charge in [0.1, 0.15) is 5.75 Å². The maximum absolute atomic E-state index is 12.7. The maximum atomic E-state index is 12.7. The summed E-state index contributed by atoms with van der Waals surface area (Å²) in [4.78, 5) is 25.9. The Morgan fingerprint density at radius 1 is 1.00 bits per heavy atom. The third-order valence-electron chi connectivity index (χ3n) is 3.67. The first kappa shape index (κ1) is 17.3. The van der Waals surface area contributed by atoms with E-state index < -0.39 is 17.6 Å². The number of ether oxygens (including phenoxy) is 1. The third-order valence-corrected chi connectivity index (χ3v) is 4.41. The highest BCUT2D eigenvalue weighted by molar-refractivity contribution is 6.46. The third kappa shape index (κ3) is 3.08. The molecular formula is C18H13Cl2NO4. The van der Waals surface area contributed by atoms with Crippen molar-refractivity contribution < 1.29 is 19.4 Å². The molecule has 128 valence electrons. The zero-order valence-corrected chi connectivity index (χ0v) is 14.6. The molecule has 1 N–H and O–H groups in total. The van der Waals surface area contributed by atoms with E-state index in [0.717, 1.165) is 4.90 Å². The lowest BCUT2D eigenvalue weighted by molar-refractivity contribution is -0.121. The molecule has 25 heavy (non-hydrogen) atoms. The Kier molecular flexibility index (Phi) is 4.70. The molecule has 0 saturated carbocycles. The first-order valence-corrected chi connectivity index (χ1v) is 8.20. The summed E-state index contributed by atoms with van der Waals surface area (Å²) in [5.41, 5.74) is 0.581. The number of anilines is 1. The van der Waals surface area contributed by atoms with E-state index in [9.17, 15) is 14.7 Å². The molecule has 0 aromatic heterocycles. The van der Waals surface area contributed by atoms with Gasteiger partial charge in [-0.2, -0.15) is 0 Å².